The van der Waals surface area contributed by atoms with Crippen molar-refractivity contribution < 1.29 is 14.4 Å². The van der Waals surface area contributed by atoms with Crippen LogP contribution in [0.1, 0.15) is 24.4 Å². The summed E-state index contributed by atoms with van der Waals surface area (Å²) in [4.78, 5) is 44.6. The van der Waals surface area contributed by atoms with Crippen LogP contribution in [0.15, 0.2) is 48.0 Å². The van der Waals surface area contributed by atoms with Crippen molar-refractivity contribution in [1.29, 1.82) is 0 Å². The number of imide groups is 1. The number of halogens is 1. The summed E-state index contributed by atoms with van der Waals surface area (Å²) in [6.45, 7) is 0. The van der Waals surface area contributed by atoms with Crippen LogP contribution in [0.3, 0.4) is 0 Å². The number of thiazole rings is 1. The third-order valence-corrected chi connectivity index (χ3v) is 7.03. The normalized spacial score (nSPS) is 28.1. The van der Waals surface area contributed by atoms with E-state index < -0.39 is 6.04 Å². The van der Waals surface area contributed by atoms with E-state index in [1.807, 2.05) is 0 Å². The number of likely N-dealkylation sites (tertiary alicyclic amines) is 1. The molecule has 2 bridgehead atoms. The molecule has 1 saturated carbocycles. The molecule has 1 aromatic heterocycles. The lowest BCUT2D eigenvalue weighted by atomic mass is 9.85. The van der Waals surface area contributed by atoms with Gasteiger partial charge in [0.15, 0.2) is 5.13 Å². The first-order valence-corrected chi connectivity index (χ1v) is 10.8. The molecule has 5 atom stereocenters. The van der Waals surface area contributed by atoms with Gasteiger partial charge in [0.05, 0.1) is 24.3 Å². The van der Waals surface area contributed by atoms with Gasteiger partial charge in [0.25, 0.3) is 0 Å². The predicted octanol–water partition coefficient (Wildman–Crippen LogP) is 3.67. The highest BCUT2D eigenvalue weighted by Gasteiger charge is 2.60. The fraction of sp³-hybridized carbons (Fsp3) is 0.333. The second-order valence-corrected chi connectivity index (χ2v) is 9.04. The highest BCUT2D eigenvalue weighted by molar-refractivity contribution is 7.13. The number of carbonyl (C=O) groups excluding carboxylic acids is 3. The Labute approximate surface area is 176 Å². The Bertz CT molecular complexity index is 992. The van der Waals surface area contributed by atoms with Gasteiger partial charge in [-0.3, -0.25) is 19.3 Å². The summed E-state index contributed by atoms with van der Waals surface area (Å²) in [5.41, 5.74) is 0.675. The van der Waals surface area contributed by atoms with Gasteiger partial charge in [-0.05, 0) is 36.0 Å². The van der Waals surface area contributed by atoms with Gasteiger partial charge in [0.1, 0.15) is 0 Å². The molecule has 0 spiro atoms. The largest absolute Gasteiger partial charge is 0.302 e. The van der Waals surface area contributed by atoms with E-state index in [1.165, 1.54) is 16.2 Å². The monoisotopic (exact) mass is 427 g/mol. The Morgan fingerprint density at radius 2 is 1.97 bits per heavy atom. The zero-order valence-electron chi connectivity index (χ0n) is 15.3. The number of hydrogen-bond donors (Lipinski definition) is 1. The summed E-state index contributed by atoms with van der Waals surface area (Å²) >= 11 is 7.48. The predicted molar refractivity (Wildman–Crippen MR) is 109 cm³/mol. The molecule has 6 nitrogen and oxygen atoms in total. The van der Waals surface area contributed by atoms with Crippen molar-refractivity contribution in [3.05, 3.63) is 58.6 Å². The number of hydrogen-bond acceptors (Lipinski definition) is 5. The van der Waals surface area contributed by atoms with Crippen LogP contribution in [0.2, 0.25) is 5.02 Å². The number of carbonyl (C=O) groups is 3. The SMILES string of the molecule is O=C(CC(c1cccc(Cl)c1)N1C(=O)C2C3C=CC(C3)C2C1=O)Nc1nccs1. The lowest BCUT2D eigenvalue weighted by Crippen LogP contribution is -2.38. The number of fused-ring (bicyclic) bond motifs is 5. The number of nitrogens with zero attached hydrogens (tertiary/aromatic N) is 2. The minimum atomic E-state index is -0.696. The second kappa shape index (κ2) is 7.07. The van der Waals surface area contributed by atoms with Gasteiger partial charge >= 0.3 is 0 Å². The lowest BCUT2D eigenvalue weighted by molar-refractivity contribution is -0.144. The Balaban J connectivity index is 1.46. The van der Waals surface area contributed by atoms with Crippen molar-refractivity contribution in [2.75, 3.05) is 5.32 Å². The van der Waals surface area contributed by atoms with Gasteiger partial charge < -0.3 is 5.32 Å². The van der Waals surface area contributed by atoms with E-state index in [0.29, 0.717) is 15.7 Å². The van der Waals surface area contributed by atoms with Crippen molar-refractivity contribution in [1.82, 2.24) is 9.88 Å². The summed E-state index contributed by atoms with van der Waals surface area (Å²) in [7, 11) is 0. The number of aromatic nitrogens is 1. The zero-order chi connectivity index (χ0) is 20.1. The third kappa shape index (κ3) is 3.09. The average molecular weight is 428 g/mol. The maximum atomic E-state index is 13.3. The highest BCUT2D eigenvalue weighted by Crippen LogP contribution is 2.54. The second-order valence-electron chi connectivity index (χ2n) is 7.71. The maximum absolute atomic E-state index is 13.3. The molecule has 3 amide bonds. The summed E-state index contributed by atoms with van der Waals surface area (Å²) in [6.07, 6.45) is 6.55. The van der Waals surface area contributed by atoms with E-state index in [-0.39, 0.29) is 47.8 Å². The van der Waals surface area contributed by atoms with Gasteiger partial charge in [0.2, 0.25) is 17.7 Å². The van der Waals surface area contributed by atoms with Gasteiger partial charge in [-0.25, -0.2) is 4.98 Å². The van der Waals surface area contributed by atoms with Crippen LogP contribution >= 0.6 is 22.9 Å². The van der Waals surface area contributed by atoms with Crippen molar-refractivity contribution >= 4 is 45.8 Å². The van der Waals surface area contributed by atoms with E-state index in [1.54, 1.807) is 35.8 Å². The molecule has 2 aliphatic carbocycles. The van der Waals surface area contributed by atoms with Crippen LogP contribution in [0.25, 0.3) is 0 Å². The van der Waals surface area contributed by atoms with E-state index in [9.17, 15) is 14.4 Å². The van der Waals surface area contributed by atoms with Gasteiger partial charge in [-0.2, -0.15) is 0 Å². The standard InChI is InChI=1S/C21H18ClN3O3S/c22-14-3-1-2-11(9-14)15(10-16(26)24-21-23-6-7-29-21)25-19(27)17-12-4-5-13(8-12)18(17)20(25)28/h1-7,9,12-13,15,17-18H,8,10H2,(H,23,24,26). The molecule has 148 valence electrons. The number of benzene rings is 1. The first kappa shape index (κ1) is 18.5. The minimum Gasteiger partial charge on any atom is -0.302 e. The number of allylic oxidation sites excluding steroid dienone is 2. The van der Waals surface area contributed by atoms with Crippen LogP contribution in [-0.4, -0.2) is 27.6 Å². The Morgan fingerprint density at radius 3 is 2.59 bits per heavy atom. The third-order valence-electron chi connectivity index (χ3n) is 6.11. The van der Waals surface area contributed by atoms with E-state index in [0.717, 1.165) is 6.42 Å². The van der Waals surface area contributed by atoms with Crippen molar-refractivity contribution in [2.24, 2.45) is 23.7 Å². The fourth-order valence-corrected chi connectivity index (χ4v) is 5.68. The van der Waals surface area contributed by atoms with Crippen LogP contribution < -0.4 is 5.32 Å². The summed E-state index contributed by atoms with van der Waals surface area (Å²) < 4.78 is 0. The molecule has 2 fully saturated rings. The topological polar surface area (TPSA) is 79.4 Å². The number of rotatable bonds is 5. The van der Waals surface area contributed by atoms with Crippen molar-refractivity contribution in [3.8, 4) is 0 Å². The Kier molecular flexibility index (Phi) is 4.52. The van der Waals surface area contributed by atoms with Crippen LogP contribution in [0.5, 0.6) is 0 Å². The van der Waals surface area contributed by atoms with E-state index in [4.69, 9.17) is 11.6 Å². The quantitative estimate of drug-likeness (QED) is 0.583. The highest BCUT2D eigenvalue weighted by atomic mass is 35.5. The first-order chi connectivity index (χ1) is 14.0. The van der Waals surface area contributed by atoms with Crippen molar-refractivity contribution in [2.45, 2.75) is 18.9 Å². The Hall–Kier alpha value is -2.51. The van der Waals surface area contributed by atoms with Gasteiger partial charge in [0, 0.05) is 16.6 Å². The molecule has 0 radical (unpaired) electrons. The molecule has 1 aliphatic heterocycles. The van der Waals surface area contributed by atoms with Crippen LogP contribution in [0, 0.1) is 23.7 Å². The smallest absolute Gasteiger partial charge is 0.234 e. The fourth-order valence-electron chi connectivity index (χ4n) is 4.94. The molecule has 1 saturated heterocycles. The zero-order valence-corrected chi connectivity index (χ0v) is 16.9. The molecule has 5 rings (SSSR count). The molecule has 29 heavy (non-hydrogen) atoms. The number of nitrogens with one attached hydrogen (secondary N) is 1. The average Bonchev–Trinajstić information content (AvgIpc) is 3.46. The van der Waals surface area contributed by atoms with Crippen LogP contribution in [-0.2, 0) is 14.4 Å². The van der Waals surface area contributed by atoms with E-state index in [2.05, 4.69) is 22.5 Å². The van der Waals surface area contributed by atoms with Crippen LogP contribution in [0.4, 0.5) is 5.13 Å². The molecule has 8 heteroatoms. The molecule has 1 aromatic carbocycles. The molecular formula is C21H18ClN3O3S. The summed E-state index contributed by atoms with van der Waals surface area (Å²) in [6, 6.07) is 6.31. The summed E-state index contributed by atoms with van der Waals surface area (Å²) in [5, 5.41) is 5.49. The van der Waals surface area contributed by atoms with Crippen molar-refractivity contribution in [3.63, 3.8) is 0 Å². The molecule has 3 aliphatic rings. The number of anilines is 1. The molecule has 1 N–H and O–H groups in total. The van der Waals surface area contributed by atoms with Gasteiger partial charge in [-0.15, -0.1) is 11.3 Å². The molecule has 2 aromatic rings. The maximum Gasteiger partial charge on any atom is 0.234 e. The van der Waals surface area contributed by atoms with Gasteiger partial charge in [-0.1, -0.05) is 35.9 Å². The lowest BCUT2D eigenvalue weighted by Gasteiger charge is -2.28. The molecule has 2 heterocycles. The number of amides is 3. The molecular weight excluding hydrogens is 410 g/mol. The van der Waals surface area contributed by atoms with E-state index >= 15 is 0 Å². The Morgan fingerprint density at radius 1 is 1.24 bits per heavy atom. The minimum absolute atomic E-state index is 0.0421. The first-order valence-electron chi connectivity index (χ1n) is 9.53. The molecule has 5 unspecified atom stereocenters. The summed E-state index contributed by atoms with van der Waals surface area (Å²) in [5.74, 6) is -1.02.